The molecule has 28 heavy (non-hydrogen) atoms. The molecule has 0 bridgehead atoms. The van der Waals surface area contributed by atoms with E-state index < -0.39 is 0 Å². The molecule has 1 aliphatic carbocycles. The lowest BCUT2D eigenvalue weighted by Gasteiger charge is -2.41. The Morgan fingerprint density at radius 3 is 2.86 bits per heavy atom. The number of hydrogen-bond donors (Lipinski definition) is 0. The molecule has 1 saturated carbocycles. The van der Waals surface area contributed by atoms with E-state index in [1.165, 1.54) is 11.3 Å². The third kappa shape index (κ3) is 3.88. The summed E-state index contributed by atoms with van der Waals surface area (Å²) in [5.41, 5.74) is 2.53. The predicted molar refractivity (Wildman–Crippen MR) is 111 cm³/mol. The second-order valence-electron chi connectivity index (χ2n) is 7.55. The number of aromatic nitrogens is 1. The molecule has 1 aliphatic heterocycles. The quantitative estimate of drug-likeness (QED) is 0.650. The third-order valence-electron chi connectivity index (χ3n) is 5.74. The molecule has 4 nitrogen and oxygen atoms in total. The molecular weight excluding hydrogens is 394 g/mol. The first-order valence-electron chi connectivity index (χ1n) is 9.74. The standard InChI is InChI=1S/C22H24ClNO3S/c1-3-14-8-16-20(9-19(14)26-10-15-6-4-5-7-18(15)23)27-11-17(21(16)25)22-24-13(2)12-28-22/h4-7,11-12,14,16,19-20H,3,8-10H2,1-2H3. The number of benzene rings is 1. The highest BCUT2D eigenvalue weighted by atomic mass is 35.5. The average molecular weight is 418 g/mol. The van der Waals surface area contributed by atoms with Crippen molar-refractivity contribution in [3.05, 3.63) is 57.2 Å². The lowest BCUT2D eigenvalue weighted by molar-refractivity contribution is -0.133. The van der Waals surface area contributed by atoms with Crippen LogP contribution in [0.5, 0.6) is 0 Å². The van der Waals surface area contributed by atoms with Gasteiger partial charge in [-0.15, -0.1) is 11.3 Å². The van der Waals surface area contributed by atoms with E-state index in [4.69, 9.17) is 21.1 Å². The van der Waals surface area contributed by atoms with Crippen LogP contribution in [-0.2, 0) is 20.9 Å². The number of nitrogens with zero attached hydrogens (tertiary/aromatic N) is 1. The number of allylic oxidation sites excluding steroid dienone is 1. The Morgan fingerprint density at radius 1 is 1.32 bits per heavy atom. The summed E-state index contributed by atoms with van der Waals surface area (Å²) in [5, 5.41) is 3.44. The molecule has 0 spiro atoms. The van der Waals surface area contributed by atoms with Crippen molar-refractivity contribution in [2.24, 2.45) is 11.8 Å². The van der Waals surface area contributed by atoms with E-state index in [-0.39, 0.29) is 23.9 Å². The van der Waals surface area contributed by atoms with Crippen LogP contribution in [0.15, 0.2) is 35.9 Å². The molecule has 148 valence electrons. The Morgan fingerprint density at radius 2 is 2.14 bits per heavy atom. The molecular formula is C22H24ClNO3S. The molecule has 0 radical (unpaired) electrons. The van der Waals surface area contributed by atoms with Gasteiger partial charge in [0.15, 0.2) is 5.78 Å². The SMILES string of the molecule is CCC1CC2C(=O)C(c3nc(C)cs3)=COC2CC1OCc1ccccc1Cl. The molecule has 0 N–H and O–H groups in total. The Kier molecular flexibility index (Phi) is 5.85. The van der Waals surface area contributed by atoms with Crippen molar-refractivity contribution in [1.82, 2.24) is 4.98 Å². The molecule has 4 atom stereocenters. The highest BCUT2D eigenvalue weighted by Crippen LogP contribution is 2.41. The molecule has 2 heterocycles. The van der Waals surface area contributed by atoms with Gasteiger partial charge in [-0.05, 0) is 30.9 Å². The number of carbonyl (C=O) groups is 1. The molecule has 1 aromatic carbocycles. The van der Waals surface area contributed by atoms with Gasteiger partial charge < -0.3 is 9.47 Å². The first-order chi connectivity index (χ1) is 13.6. The van der Waals surface area contributed by atoms with Crippen LogP contribution in [0.3, 0.4) is 0 Å². The van der Waals surface area contributed by atoms with E-state index in [0.717, 1.165) is 40.6 Å². The monoisotopic (exact) mass is 417 g/mol. The molecule has 0 amide bonds. The van der Waals surface area contributed by atoms with E-state index in [2.05, 4.69) is 11.9 Å². The molecule has 0 saturated heterocycles. The minimum absolute atomic E-state index is 0.0624. The number of Topliss-reactive ketones (excluding diaryl/α,β-unsaturated/α-hetero) is 1. The van der Waals surface area contributed by atoms with Gasteiger partial charge in [-0.1, -0.05) is 43.1 Å². The first kappa shape index (κ1) is 19.6. The number of ether oxygens (including phenoxy) is 2. The van der Waals surface area contributed by atoms with Crippen LogP contribution in [0.4, 0.5) is 0 Å². The number of thiazole rings is 1. The molecule has 4 unspecified atom stereocenters. The molecule has 6 heteroatoms. The Hall–Kier alpha value is -1.69. The molecule has 2 aliphatic rings. The van der Waals surface area contributed by atoms with Crippen LogP contribution in [0.1, 0.15) is 42.5 Å². The highest BCUT2D eigenvalue weighted by molar-refractivity contribution is 7.11. The van der Waals surface area contributed by atoms with Crippen molar-refractivity contribution in [2.75, 3.05) is 0 Å². The van der Waals surface area contributed by atoms with Crippen LogP contribution in [0.2, 0.25) is 5.02 Å². The minimum atomic E-state index is -0.128. The van der Waals surface area contributed by atoms with Gasteiger partial charge in [0.2, 0.25) is 0 Å². The fraction of sp³-hybridized carbons (Fsp3) is 0.455. The minimum Gasteiger partial charge on any atom is -0.496 e. The fourth-order valence-electron chi connectivity index (χ4n) is 4.13. The van der Waals surface area contributed by atoms with Crippen molar-refractivity contribution in [2.45, 2.75) is 51.9 Å². The van der Waals surface area contributed by atoms with Gasteiger partial charge in [0, 0.05) is 22.5 Å². The number of fused-ring (bicyclic) bond motifs is 1. The average Bonchev–Trinajstić information content (AvgIpc) is 3.13. The summed E-state index contributed by atoms with van der Waals surface area (Å²) in [7, 11) is 0. The van der Waals surface area contributed by atoms with Crippen LogP contribution in [0.25, 0.3) is 5.57 Å². The summed E-state index contributed by atoms with van der Waals surface area (Å²) in [6.45, 7) is 4.57. The summed E-state index contributed by atoms with van der Waals surface area (Å²) >= 11 is 7.75. The van der Waals surface area contributed by atoms with E-state index in [9.17, 15) is 4.79 Å². The smallest absolute Gasteiger partial charge is 0.175 e. The zero-order valence-corrected chi connectivity index (χ0v) is 17.6. The number of hydrogen-bond acceptors (Lipinski definition) is 5. The molecule has 1 fully saturated rings. The number of ketones is 1. The topological polar surface area (TPSA) is 48.4 Å². The lowest BCUT2D eigenvalue weighted by atomic mass is 9.72. The van der Waals surface area contributed by atoms with E-state index >= 15 is 0 Å². The number of aryl methyl sites for hydroxylation is 1. The normalized spacial score (nSPS) is 27.1. The molecule has 2 aromatic rings. The Balaban J connectivity index is 1.47. The van der Waals surface area contributed by atoms with Crippen LogP contribution >= 0.6 is 22.9 Å². The summed E-state index contributed by atoms with van der Waals surface area (Å²) in [5.74, 6) is 0.372. The fourth-order valence-corrected chi connectivity index (χ4v) is 5.13. The van der Waals surface area contributed by atoms with Gasteiger partial charge in [-0.3, -0.25) is 4.79 Å². The van der Waals surface area contributed by atoms with Crippen molar-refractivity contribution in [3.63, 3.8) is 0 Å². The van der Waals surface area contributed by atoms with Crippen molar-refractivity contribution < 1.29 is 14.3 Å². The van der Waals surface area contributed by atoms with Gasteiger partial charge in [0.05, 0.1) is 30.5 Å². The van der Waals surface area contributed by atoms with Crippen LogP contribution < -0.4 is 0 Å². The maximum absolute atomic E-state index is 13.1. The van der Waals surface area contributed by atoms with Crippen LogP contribution in [0, 0.1) is 18.8 Å². The molecule has 4 rings (SSSR count). The van der Waals surface area contributed by atoms with E-state index in [0.29, 0.717) is 18.1 Å². The Bertz CT molecular complexity index is 893. The number of rotatable bonds is 5. The van der Waals surface area contributed by atoms with Gasteiger partial charge in [-0.25, -0.2) is 4.98 Å². The van der Waals surface area contributed by atoms with E-state index in [1.54, 1.807) is 6.26 Å². The van der Waals surface area contributed by atoms with Crippen molar-refractivity contribution in [3.8, 4) is 0 Å². The molecule has 1 aromatic heterocycles. The second-order valence-corrected chi connectivity index (χ2v) is 8.82. The summed E-state index contributed by atoms with van der Waals surface area (Å²) in [4.78, 5) is 17.6. The zero-order valence-electron chi connectivity index (χ0n) is 16.1. The summed E-state index contributed by atoms with van der Waals surface area (Å²) in [6.07, 6.45) is 4.02. The number of halogens is 1. The maximum atomic E-state index is 13.1. The largest absolute Gasteiger partial charge is 0.496 e. The van der Waals surface area contributed by atoms with Crippen molar-refractivity contribution >= 4 is 34.3 Å². The Labute approximate surface area is 174 Å². The van der Waals surface area contributed by atoms with Gasteiger partial charge in [0.1, 0.15) is 11.1 Å². The maximum Gasteiger partial charge on any atom is 0.175 e. The second kappa shape index (κ2) is 8.36. The van der Waals surface area contributed by atoms with Gasteiger partial charge in [0.25, 0.3) is 0 Å². The van der Waals surface area contributed by atoms with E-state index in [1.807, 2.05) is 36.6 Å². The lowest BCUT2D eigenvalue weighted by Crippen LogP contribution is -2.45. The summed E-state index contributed by atoms with van der Waals surface area (Å²) in [6, 6.07) is 7.75. The predicted octanol–water partition coefficient (Wildman–Crippen LogP) is 5.44. The highest BCUT2D eigenvalue weighted by Gasteiger charge is 2.44. The van der Waals surface area contributed by atoms with Crippen LogP contribution in [-0.4, -0.2) is 23.0 Å². The number of carbonyl (C=O) groups excluding carboxylic acids is 1. The summed E-state index contributed by atoms with van der Waals surface area (Å²) < 4.78 is 12.3. The van der Waals surface area contributed by atoms with Gasteiger partial charge >= 0.3 is 0 Å². The zero-order chi connectivity index (χ0) is 19.7. The van der Waals surface area contributed by atoms with Crippen molar-refractivity contribution in [1.29, 1.82) is 0 Å². The third-order valence-corrected chi connectivity index (χ3v) is 7.11. The van der Waals surface area contributed by atoms with Gasteiger partial charge in [-0.2, -0.15) is 0 Å². The first-order valence-corrected chi connectivity index (χ1v) is 11.0.